The summed E-state index contributed by atoms with van der Waals surface area (Å²) >= 11 is 0. The summed E-state index contributed by atoms with van der Waals surface area (Å²) < 4.78 is 48.0. The van der Waals surface area contributed by atoms with E-state index in [9.17, 15) is 41.6 Å². The largest absolute Gasteiger partial charge is 0.444 e. The van der Waals surface area contributed by atoms with Gasteiger partial charge in [-0.25, -0.2) is 17.6 Å². The van der Waals surface area contributed by atoms with Crippen LogP contribution < -0.4 is 31.1 Å². The minimum Gasteiger partial charge on any atom is -0.444 e. The van der Waals surface area contributed by atoms with Crippen molar-refractivity contribution < 1.29 is 36.7 Å². The number of nitrogens with one attached hydrogen (secondary N) is 3. The smallest absolute Gasteiger partial charge is 0.410 e. The molecule has 3 aliphatic heterocycles. The fourth-order valence-corrected chi connectivity index (χ4v) is 9.05. The van der Waals surface area contributed by atoms with E-state index in [4.69, 9.17) is 4.74 Å². The third-order valence-electron chi connectivity index (χ3n) is 10.9. The number of carbonyl (C=O) groups is 4. The summed E-state index contributed by atoms with van der Waals surface area (Å²) in [6.07, 6.45) is 5.75. The van der Waals surface area contributed by atoms with Crippen LogP contribution in [0.15, 0.2) is 39.9 Å². The van der Waals surface area contributed by atoms with Gasteiger partial charge in [-0.3, -0.25) is 33.6 Å². The lowest BCUT2D eigenvalue weighted by Crippen LogP contribution is -2.57. The van der Waals surface area contributed by atoms with Gasteiger partial charge in [-0.1, -0.05) is 37.1 Å². The number of allylic oxidation sites excluding steroid dienone is 1. The highest BCUT2D eigenvalue weighted by Gasteiger charge is 2.62. The number of hydrogen-bond acceptors (Lipinski definition) is 11. The normalized spacial score (nSPS) is 27.5. The van der Waals surface area contributed by atoms with Crippen LogP contribution in [0.1, 0.15) is 68.9 Å². The van der Waals surface area contributed by atoms with Crippen LogP contribution in [0.2, 0.25) is 0 Å². The van der Waals surface area contributed by atoms with E-state index in [0.29, 0.717) is 43.2 Å². The Morgan fingerprint density at radius 2 is 1.81 bits per heavy atom. The van der Waals surface area contributed by atoms with Gasteiger partial charge >= 0.3 is 6.09 Å². The Bertz CT molecular complexity index is 2060. The van der Waals surface area contributed by atoms with Gasteiger partial charge in [0.15, 0.2) is 0 Å². The van der Waals surface area contributed by atoms with Crippen molar-refractivity contribution in [1.29, 1.82) is 0 Å². The summed E-state index contributed by atoms with van der Waals surface area (Å²) in [5.74, 6) is -3.10. The molecule has 2 aliphatic carbocycles. The second kappa shape index (κ2) is 13.9. The molecule has 15 nitrogen and oxygen atoms in total. The van der Waals surface area contributed by atoms with Crippen LogP contribution in [0.4, 0.5) is 20.6 Å². The zero-order valence-corrected chi connectivity index (χ0v) is 30.4. The molecule has 2 aromatic carbocycles. The summed E-state index contributed by atoms with van der Waals surface area (Å²) in [7, 11) is -0.729. The Labute approximate surface area is 305 Å². The van der Waals surface area contributed by atoms with Crippen molar-refractivity contribution in [2.75, 3.05) is 30.9 Å². The fourth-order valence-electron chi connectivity index (χ4n) is 7.69. The maximum atomic E-state index is 14.5. The van der Waals surface area contributed by atoms with Crippen LogP contribution in [0.3, 0.4) is 0 Å². The Morgan fingerprint density at radius 1 is 1.04 bits per heavy atom. The standard InChI is InChI=1S/C36H43FN6O9S/c1-41(2)29-28(30(44)31(29)45)38-26-12-7-5-3-4-6-10-21-16-36(21,34(48)40-53(50,51)23-13-14-23)39-32(46)27-15-22(18-43(27)33(26)47)52-35(49)42-17-20-9-8-11-25(37)24(20)19-42/h6,8-11,21-23,26-27,38H,3-5,7,12-19H2,1-2H3,(H,39,46)(H,40,48)/t21-,22-,26+,27+,36-/m1/s1. The number of amides is 4. The summed E-state index contributed by atoms with van der Waals surface area (Å²) in [4.78, 5) is 84.9. The Balaban J connectivity index is 1.17. The number of rotatable bonds is 7. The van der Waals surface area contributed by atoms with Crippen LogP contribution in [0, 0.1) is 11.7 Å². The van der Waals surface area contributed by atoms with Gasteiger partial charge in [-0.2, -0.15) is 0 Å². The van der Waals surface area contributed by atoms with E-state index >= 15 is 0 Å². The second-order valence-corrected chi connectivity index (χ2v) is 16.9. The van der Waals surface area contributed by atoms with Gasteiger partial charge in [-0.05, 0) is 50.2 Å². The van der Waals surface area contributed by atoms with Crippen LogP contribution in [0.5, 0.6) is 0 Å². The van der Waals surface area contributed by atoms with Crippen LogP contribution in [-0.4, -0.2) is 91.6 Å². The number of sulfonamides is 1. The molecule has 3 heterocycles. The topological polar surface area (TPSA) is 192 Å². The van der Waals surface area contributed by atoms with Crippen LogP contribution >= 0.6 is 0 Å². The molecular formula is C36H43FN6O9S. The Kier molecular flexibility index (Phi) is 9.57. The van der Waals surface area contributed by atoms with Gasteiger partial charge in [0.1, 0.15) is 40.9 Å². The van der Waals surface area contributed by atoms with Crippen molar-refractivity contribution in [3.63, 3.8) is 0 Å². The average molecular weight is 755 g/mol. The number of benzene rings is 1. The highest BCUT2D eigenvalue weighted by molar-refractivity contribution is 7.91. The van der Waals surface area contributed by atoms with Gasteiger partial charge in [0.2, 0.25) is 21.8 Å². The summed E-state index contributed by atoms with van der Waals surface area (Å²) in [6.45, 7) is -0.108. The number of fused-ring (bicyclic) bond motifs is 3. The molecule has 17 heteroatoms. The lowest BCUT2D eigenvalue weighted by Gasteiger charge is -2.31. The maximum Gasteiger partial charge on any atom is 0.410 e. The first-order chi connectivity index (χ1) is 25.2. The quantitative estimate of drug-likeness (QED) is 0.274. The van der Waals surface area contributed by atoms with Gasteiger partial charge in [-0.15, -0.1) is 0 Å². The molecule has 5 aliphatic rings. The third kappa shape index (κ3) is 7.02. The molecule has 3 N–H and O–H groups in total. The van der Waals surface area contributed by atoms with Crippen molar-refractivity contribution >= 4 is 45.2 Å². The molecule has 284 valence electrons. The number of hydrogen-bond donors (Lipinski definition) is 3. The van der Waals surface area contributed by atoms with E-state index in [1.165, 1.54) is 20.8 Å². The maximum absolute atomic E-state index is 14.5. The van der Waals surface area contributed by atoms with Crippen LogP contribution in [0.25, 0.3) is 0 Å². The van der Waals surface area contributed by atoms with Gasteiger partial charge in [0.05, 0.1) is 18.3 Å². The van der Waals surface area contributed by atoms with E-state index in [-0.39, 0.29) is 50.3 Å². The summed E-state index contributed by atoms with van der Waals surface area (Å²) in [5.41, 5.74) is -1.88. The van der Waals surface area contributed by atoms with Crippen molar-refractivity contribution in [1.82, 2.24) is 19.8 Å². The zero-order chi connectivity index (χ0) is 37.8. The second-order valence-electron chi connectivity index (χ2n) is 15.0. The molecular weight excluding hydrogens is 711 g/mol. The lowest BCUT2D eigenvalue weighted by molar-refractivity contribution is -0.140. The molecule has 1 saturated heterocycles. The first kappa shape index (κ1) is 36.6. The lowest BCUT2D eigenvalue weighted by atomic mass is 10.0. The number of halogens is 1. The first-order valence-corrected chi connectivity index (χ1v) is 19.6. The molecule has 0 spiro atoms. The van der Waals surface area contributed by atoms with Crippen LogP contribution in [-0.2, 0) is 42.2 Å². The fraction of sp³-hybridized carbons (Fsp3) is 0.556. The zero-order valence-electron chi connectivity index (χ0n) is 29.6. The average Bonchev–Trinajstić information content (AvgIpc) is 3.99. The molecule has 4 amide bonds. The van der Waals surface area contributed by atoms with Crippen molar-refractivity contribution in [2.24, 2.45) is 5.92 Å². The molecule has 0 radical (unpaired) electrons. The monoisotopic (exact) mass is 754 g/mol. The highest BCUT2D eigenvalue weighted by atomic mass is 32.2. The van der Waals surface area contributed by atoms with E-state index < -0.39 is 85.4 Å². The van der Waals surface area contributed by atoms with Crippen molar-refractivity contribution in [2.45, 2.75) is 99.9 Å². The first-order valence-electron chi connectivity index (χ1n) is 18.0. The van der Waals surface area contributed by atoms with Gasteiger partial charge < -0.3 is 25.2 Å². The van der Waals surface area contributed by atoms with Crippen molar-refractivity contribution in [3.8, 4) is 0 Å². The number of nitrogens with zero attached hydrogens (tertiary/aromatic N) is 3. The Morgan fingerprint density at radius 3 is 2.53 bits per heavy atom. The molecule has 7 rings (SSSR count). The minimum absolute atomic E-state index is 0.00322. The third-order valence-corrected chi connectivity index (χ3v) is 12.8. The van der Waals surface area contributed by atoms with E-state index in [0.717, 1.165) is 6.42 Å². The molecule has 0 unspecified atom stereocenters. The molecule has 0 bridgehead atoms. The summed E-state index contributed by atoms with van der Waals surface area (Å²) in [6, 6.07) is 2.30. The van der Waals surface area contributed by atoms with Gasteiger partial charge in [0.25, 0.3) is 16.8 Å². The van der Waals surface area contributed by atoms with E-state index in [1.807, 2.05) is 6.08 Å². The number of ether oxygens (including phenoxy) is 1. The van der Waals surface area contributed by atoms with Crippen molar-refractivity contribution in [3.05, 3.63) is 67.7 Å². The molecule has 2 aromatic rings. The predicted molar refractivity (Wildman–Crippen MR) is 190 cm³/mol. The summed E-state index contributed by atoms with van der Waals surface area (Å²) in [5, 5.41) is 5.10. The minimum atomic E-state index is -3.94. The highest BCUT2D eigenvalue weighted by Crippen LogP contribution is 2.46. The predicted octanol–water partition coefficient (Wildman–Crippen LogP) is 1.39. The molecule has 5 atom stereocenters. The molecule has 53 heavy (non-hydrogen) atoms. The SMILES string of the molecule is CN(C)c1c(N[C@H]2CCCCCC=C[C@@H]3C[C@@]3(C(=O)NS(=O)(=O)C3CC3)NC(=O)[C@@H]3C[C@@H](OC(=O)N4Cc5cccc(F)c5C4)CN3C2=O)c(=O)c1=O. The molecule has 3 fully saturated rings. The molecule has 0 aromatic heterocycles. The van der Waals surface area contributed by atoms with Gasteiger partial charge in [0, 0.05) is 38.5 Å². The number of carbonyl (C=O) groups excluding carboxylic acids is 4. The number of anilines is 2. The molecule has 2 saturated carbocycles. The Hall–Kier alpha value is -4.80. The van der Waals surface area contributed by atoms with E-state index in [2.05, 4.69) is 15.4 Å². The van der Waals surface area contributed by atoms with E-state index in [1.54, 1.807) is 32.3 Å².